The SMILES string of the molecule is Cc1cccc(CNS(=O)(=O)c2cccc(-c3noc(C)n3)c2)c1. The molecule has 0 atom stereocenters. The number of aromatic nitrogens is 2. The second-order valence-corrected chi connectivity index (χ2v) is 7.25. The summed E-state index contributed by atoms with van der Waals surface area (Å²) in [6, 6.07) is 14.2. The maximum Gasteiger partial charge on any atom is 0.240 e. The van der Waals surface area contributed by atoms with Crippen LogP contribution in [0.3, 0.4) is 0 Å². The summed E-state index contributed by atoms with van der Waals surface area (Å²) >= 11 is 0. The molecule has 0 unspecified atom stereocenters. The highest BCUT2D eigenvalue weighted by atomic mass is 32.2. The summed E-state index contributed by atoms with van der Waals surface area (Å²) in [5.74, 6) is 0.791. The first-order valence-electron chi connectivity index (χ1n) is 7.40. The smallest absolute Gasteiger partial charge is 0.240 e. The molecule has 2 aromatic carbocycles. The summed E-state index contributed by atoms with van der Waals surface area (Å²) in [6.45, 7) is 3.88. The number of hydrogen-bond acceptors (Lipinski definition) is 5. The van der Waals surface area contributed by atoms with E-state index in [0.29, 0.717) is 17.3 Å². The molecule has 0 aliphatic rings. The van der Waals surface area contributed by atoms with Crippen molar-refractivity contribution in [3.05, 3.63) is 65.5 Å². The van der Waals surface area contributed by atoms with Gasteiger partial charge in [-0.1, -0.05) is 47.1 Å². The third kappa shape index (κ3) is 3.69. The predicted molar refractivity (Wildman–Crippen MR) is 89.7 cm³/mol. The van der Waals surface area contributed by atoms with Gasteiger partial charge in [0.25, 0.3) is 0 Å². The van der Waals surface area contributed by atoms with Crippen molar-refractivity contribution < 1.29 is 12.9 Å². The molecular weight excluding hydrogens is 326 g/mol. The molecule has 0 amide bonds. The van der Waals surface area contributed by atoms with Crippen molar-refractivity contribution in [3.63, 3.8) is 0 Å². The lowest BCUT2D eigenvalue weighted by molar-refractivity contribution is 0.394. The lowest BCUT2D eigenvalue weighted by atomic mass is 10.1. The second-order valence-electron chi connectivity index (χ2n) is 5.48. The van der Waals surface area contributed by atoms with Crippen molar-refractivity contribution in [3.8, 4) is 11.4 Å². The van der Waals surface area contributed by atoms with Gasteiger partial charge in [-0.15, -0.1) is 0 Å². The minimum Gasteiger partial charge on any atom is -0.339 e. The van der Waals surface area contributed by atoms with Crippen LogP contribution >= 0.6 is 0 Å². The molecule has 0 saturated heterocycles. The van der Waals surface area contributed by atoms with Crippen molar-refractivity contribution in [2.24, 2.45) is 0 Å². The van der Waals surface area contributed by atoms with Gasteiger partial charge >= 0.3 is 0 Å². The predicted octanol–water partition coefficient (Wildman–Crippen LogP) is 2.83. The van der Waals surface area contributed by atoms with E-state index >= 15 is 0 Å². The number of aryl methyl sites for hydroxylation is 2. The van der Waals surface area contributed by atoms with Gasteiger partial charge in [-0.25, -0.2) is 13.1 Å². The van der Waals surface area contributed by atoms with E-state index in [-0.39, 0.29) is 11.4 Å². The fourth-order valence-electron chi connectivity index (χ4n) is 2.30. The fourth-order valence-corrected chi connectivity index (χ4v) is 3.37. The van der Waals surface area contributed by atoms with Gasteiger partial charge in [-0.2, -0.15) is 4.98 Å². The van der Waals surface area contributed by atoms with Crippen LogP contribution in [0.15, 0.2) is 57.9 Å². The van der Waals surface area contributed by atoms with E-state index in [1.165, 1.54) is 12.1 Å². The molecule has 6 nitrogen and oxygen atoms in total. The first-order chi connectivity index (χ1) is 11.4. The van der Waals surface area contributed by atoms with E-state index in [1.807, 2.05) is 31.2 Å². The van der Waals surface area contributed by atoms with Gasteiger partial charge in [0, 0.05) is 19.0 Å². The normalized spacial score (nSPS) is 11.6. The fraction of sp³-hybridized carbons (Fsp3) is 0.176. The van der Waals surface area contributed by atoms with Gasteiger partial charge in [0.1, 0.15) is 0 Å². The Morgan fingerprint density at radius 3 is 2.58 bits per heavy atom. The summed E-state index contributed by atoms with van der Waals surface area (Å²) in [4.78, 5) is 4.28. The van der Waals surface area contributed by atoms with Gasteiger partial charge in [-0.3, -0.25) is 0 Å². The Kier molecular flexibility index (Phi) is 4.46. The van der Waals surface area contributed by atoms with E-state index in [2.05, 4.69) is 14.9 Å². The lowest BCUT2D eigenvalue weighted by Gasteiger charge is -2.08. The van der Waals surface area contributed by atoms with E-state index < -0.39 is 10.0 Å². The van der Waals surface area contributed by atoms with Gasteiger partial charge in [-0.05, 0) is 24.6 Å². The van der Waals surface area contributed by atoms with Gasteiger partial charge < -0.3 is 4.52 Å². The van der Waals surface area contributed by atoms with Crippen LogP contribution in [0.25, 0.3) is 11.4 Å². The van der Waals surface area contributed by atoms with E-state index in [9.17, 15) is 8.42 Å². The van der Waals surface area contributed by atoms with E-state index in [0.717, 1.165) is 11.1 Å². The monoisotopic (exact) mass is 343 g/mol. The zero-order chi connectivity index (χ0) is 17.2. The Hall–Kier alpha value is -2.51. The number of nitrogens with zero attached hydrogens (tertiary/aromatic N) is 2. The highest BCUT2D eigenvalue weighted by Gasteiger charge is 2.16. The maximum atomic E-state index is 12.5. The maximum absolute atomic E-state index is 12.5. The van der Waals surface area contributed by atoms with Crippen LogP contribution in [0.4, 0.5) is 0 Å². The molecule has 1 aromatic heterocycles. The molecule has 24 heavy (non-hydrogen) atoms. The van der Waals surface area contributed by atoms with Gasteiger partial charge in [0.05, 0.1) is 4.90 Å². The van der Waals surface area contributed by atoms with Crippen LogP contribution in [-0.2, 0) is 16.6 Å². The van der Waals surface area contributed by atoms with Crippen molar-refractivity contribution in [2.45, 2.75) is 25.3 Å². The summed E-state index contributed by atoms with van der Waals surface area (Å²) in [7, 11) is -3.63. The number of rotatable bonds is 5. The molecule has 0 spiro atoms. The number of sulfonamides is 1. The lowest BCUT2D eigenvalue weighted by Crippen LogP contribution is -2.23. The molecule has 3 rings (SSSR count). The molecule has 3 aromatic rings. The number of nitrogens with one attached hydrogen (secondary N) is 1. The molecule has 0 aliphatic carbocycles. The van der Waals surface area contributed by atoms with E-state index in [4.69, 9.17) is 4.52 Å². The molecule has 0 radical (unpaired) electrons. The van der Waals surface area contributed by atoms with Crippen LogP contribution in [0.5, 0.6) is 0 Å². The first kappa shape index (κ1) is 16.4. The van der Waals surface area contributed by atoms with Crippen LogP contribution in [0.1, 0.15) is 17.0 Å². The summed E-state index contributed by atoms with van der Waals surface area (Å²) in [6.07, 6.45) is 0. The molecule has 0 aliphatic heterocycles. The Balaban J connectivity index is 1.82. The number of hydrogen-bond donors (Lipinski definition) is 1. The number of benzene rings is 2. The Morgan fingerprint density at radius 2 is 1.88 bits per heavy atom. The largest absolute Gasteiger partial charge is 0.339 e. The van der Waals surface area contributed by atoms with Gasteiger partial charge in [0.2, 0.25) is 21.7 Å². The highest BCUT2D eigenvalue weighted by molar-refractivity contribution is 7.89. The van der Waals surface area contributed by atoms with Crippen molar-refractivity contribution in [1.29, 1.82) is 0 Å². The third-order valence-corrected chi connectivity index (χ3v) is 4.88. The summed E-state index contributed by atoms with van der Waals surface area (Å²) < 4.78 is 32.6. The molecule has 1 N–H and O–H groups in total. The highest BCUT2D eigenvalue weighted by Crippen LogP contribution is 2.20. The Morgan fingerprint density at radius 1 is 1.08 bits per heavy atom. The van der Waals surface area contributed by atoms with Crippen LogP contribution in [0, 0.1) is 13.8 Å². The average molecular weight is 343 g/mol. The van der Waals surface area contributed by atoms with Gasteiger partial charge in [0.15, 0.2) is 0 Å². The second kappa shape index (κ2) is 6.54. The molecule has 1 heterocycles. The van der Waals surface area contributed by atoms with Crippen molar-refractivity contribution >= 4 is 10.0 Å². The van der Waals surface area contributed by atoms with Crippen LogP contribution in [0.2, 0.25) is 0 Å². The van der Waals surface area contributed by atoms with Crippen molar-refractivity contribution in [2.75, 3.05) is 0 Å². The van der Waals surface area contributed by atoms with E-state index in [1.54, 1.807) is 19.1 Å². The Bertz CT molecular complexity index is 964. The summed E-state index contributed by atoms with van der Waals surface area (Å²) in [5, 5.41) is 3.81. The van der Waals surface area contributed by atoms with Crippen LogP contribution < -0.4 is 4.72 Å². The third-order valence-electron chi connectivity index (χ3n) is 3.48. The first-order valence-corrected chi connectivity index (χ1v) is 8.88. The minimum atomic E-state index is -3.63. The van der Waals surface area contributed by atoms with Crippen molar-refractivity contribution in [1.82, 2.24) is 14.9 Å². The molecule has 0 bridgehead atoms. The topological polar surface area (TPSA) is 85.1 Å². The molecule has 7 heteroatoms. The molecule has 0 saturated carbocycles. The zero-order valence-corrected chi connectivity index (χ0v) is 14.2. The quantitative estimate of drug-likeness (QED) is 0.770. The molecule has 124 valence electrons. The van der Waals surface area contributed by atoms with Crippen LogP contribution in [-0.4, -0.2) is 18.6 Å². The Labute approximate surface area is 140 Å². The molecular formula is C17H17N3O3S. The average Bonchev–Trinajstić information content (AvgIpc) is 3.00. The zero-order valence-electron chi connectivity index (χ0n) is 13.4. The minimum absolute atomic E-state index is 0.162. The molecule has 0 fully saturated rings. The standard InChI is InChI=1S/C17H17N3O3S/c1-12-5-3-6-14(9-12)11-18-24(21,22)16-8-4-7-15(10-16)17-19-13(2)23-20-17/h3-10,18H,11H2,1-2H3. The summed E-state index contributed by atoms with van der Waals surface area (Å²) in [5.41, 5.74) is 2.58.